The number of hydrogen-bond donors (Lipinski definition) is 0. The Kier molecular flexibility index (Phi) is 8.90. The van der Waals surface area contributed by atoms with E-state index in [2.05, 4.69) is 8.67 Å². The first-order chi connectivity index (χ1) is 4.21. The summed E-state index contributed by atoms with van der Waals surface area (Å²) in [7, 11) is -10.6. The summed E-state index contributed by atoms with van der Waals surface area (Å²) in [6, 6.07) is 0. The van der Waals surface area contributed by atoms with Gasteiger partial charge in [-0.05, 0) is 0 Å². The van der Waals surface area contributed by atoms with Crippen LogP contribution in [0.2, 0.25) is 0 Å². The van der Waals surface area contributed by atoms with E-state index in [9.17, 15) is 25.9 Å². The fraction of sp³-hybridized carbons (Fsp3) is 0. The quantitative estimate of drug-likeness (QED) is 0.243. The van der Waals surface area contributed by atoms with Crippen molar-refractivity contribution >= 4 is 20.8 Å². The lowest BCUT2D eigenvalue weighted by molar-refractivity contribution is -0.107. The summed E-state index contributed by atoms with van der Waals surface area (Å²) >= 11 is 0. The molecule has 0 unspecified atom stereocenters. The van der Waals surface area contributed by atoms with E-state index in [1.807, 2.05) is 0 Å². The van der Waals surface area contributed by atoms with Crippen molar-refractivity contribution < 1.29 is 59.4 Å². The molecule has 0 fully saturated rings. The minimum atomic E-state index is -5.31. The Morgan fingerprint density at radius 2 is 0.917 bits per heavy atom. The van der Waals surface area contributed by atoms with Gasteiger partial charge in [-0.2, -0.15) is 0 Å². The second-order valence-electron chi connectivity index (χ2n) is 0.953. The Hall–Kier alpha value is 0.320. The van der Waals surface area contributed by atoms with Crippen molar-refractivity contribution in [3.05, 3.63) is 0 Å². The van der Waals surface area contributed by atoms with Gasteiger partial charge in [0.05, 0.1) is 0 Å². The minimum absolute atomic E-state index is 0. The molecule has 0 rings (SSSR count). The van der Waals surface area contributed by atoms with Crippen molar-refractivity contribution in [2.24, 2.45) is 0 Å². The van der Waals surface area contributed by atoms with Crippen LogP contribution < -0.4 is 0 Å². The molecule has 0 aromatic carbocycles. The predicted molar refractivity (Wildman–Crippen MR) is 21.6 cm³/mol. The van der Waals surface area contributed by atoms with Crippen LogP contribution >= 0.6 is 0 Å². The number of rotatable bonds is 3. The van der Waals surface area contributed by atoms with Crippen molar-refractivity contribution in [2.75, 3.05) is 0 Å². The number of hydrogen-bond acceptors (Lipinski definition) is 8. The lowest BCUT2D eigenvalue weighted by atomic mass is 14.9. The normalized spacial score (nSPS) is 11.2. The van der Waals surface area contributed by atoms with Crippen LogP contribution in [0.4, 0.5) is 0 Å². The standard InChI is InChI=1S/2Cl.H2O8S2/c;;1-9(2,3)7-8-10(4,5)6/h;;(H,1,2,3)(H,4,5,6)/q2*+1;/p-2. The molecule has 74 valence electrons. The molecule has 12 heteroatoms. The van der Waals surface area contributed by atoms with Gasteiger partial charge in [-0.1, -0.05) is 0 Å². The Morgan fingerprint density at radius 3 is 1.00 bits per heavy atom. The molecular formula is Cl2O8S2. The minimum Gasteiger partial charge on any atom is -0.724 e. The van der Waals surface area contributed by atoms with Crippen molar-refractivity contribution in [1.82, 2.24) is 0 Å². The van der Waals surface area contributed by atoms with Gasteiger partial charge in [-0.25, -0.2) is 16.8 Å². The average Bonchev–Trinajstić information content (AvgIpc) is 1.57. The van der Waals surface area contributed by atoms with E-state index in [-0.39, 0.29) is 24.8 Å². The third-order valence-corrected chi connectivity index (χ3v) is 0.750. The SMILES string of the molecule is O=S(=O)([O-])OOS(=O)(=O)[O-].[Cl+].[Cl+]. The van der Waals surface area contributed by atoms with Gasteiger partial charge in [0, 0.05) is 0 Å². The summed E-state index contributed by atoms with van der Waals surface area (Å²) in [5.41, 5.74) is 0. The largest absolute Gasteiger partial charge is 1.00 e. The van der Waals surface area contributed by atoms with E-state index < -0.39 is 20.8 Å². The van der Waals surface area contributed by atoms with Crippen molar-refractivity contribution in [3.63, 3.8) is 0 Å². The summed E-state index contributed by atoms with van der Waals surface area (Å²) in [5, 5.41) is 0. The van der Waals surface area contributed by atoms with Gasteiger partial charge in [0.1, 0.15) is 0 Å². The first-order valence-electron chi connectivity index (χ1n) is 1.50. The summed E-state index contributed by atoms with van der Waals surface area (Å²) in [6.07, 6.45) is 0. The van der Waals surface area contributed by atoms with Crippen LogP contribution in [-0.2, 0) is 29.5 Å². The molecule has 0 aliphatic heterocycles. The fourth-order valence-electron chi connectivity index (χ4n) is 0.0680. The molecule has 0 bridgehead atoms. The van der Waals surface area contributed by atoms with Crippen LogP contribution in [0.15, 0.2) is 0 Å². The Labute approximate surface area is 80.5 Å². The van der Waals surface area contributed by atoms with E-state index in [1.165, 1.54) is 0 Å². The second kappa shape index (κ2) is 5.88. The highest BCUT2D eigenvalue weighted by atomic mass is 35.5. The third-order valence-electron chi connectivity index (χ3n) is 0.194. The molecule has 0 aliphatic carbocycles. The number of halogens is 2. The summed E-state index contributed by atoms with van der Waals surface area (Å²) in [6.45, 7) is 0. The van der Waals surface area contributed by atoms with Crippen molar-refractivity contribution in [3.8, 4) is 0 Å². The first-order valence-corrected chi connectivity index (χ1v) is 4.17. The van der Waals surface area contributed by atoms with Crippen molar-refractivity contribution in [2.45, 2.75) is 0 Å². The molecule has 0 saturated carbocycles. The monoisotopic (exact) mass is 262 g/mol. The highest BCUT2D eigenvalue weighted by Gasteiger charge is 1.99. The maximum absolute atomic E-state index is 9.37. The zero-order valence-corrected chi connectivity index (χ0v) is 7.98. The molecule has 0 N–H and O–H groups in total. The van der Waals surface area contributed by atoms with E-state index in [1.54, 1.807) is 0 Å². The Morgan fingerprint density at radius 1 is 0.750 bits per heavy atom. The fourth-order valence-corrected chi connectivity index (χ4v) is 0.612. The predicted octanol–water partition coefficient (Wildman–Crippen LogP) is -2.14. The molecule has 0 aliphatic rings. The van der Waals surface area contributed by atoms with Gasteiger partial charge in [0.15, 0.2) is 0 Å². The van der Waals surface area contributed by atoms with E-state index in [4.69, 9.17) is 0 Å². The third kappa shape index (κ3) is 16.7. The summed E-state index contributed by atoms with van der Waals surface area (Å²) in [5.74, 6) is 0. The van der Waals surface area contributed by atoms with Gasteiger partial charge in [0.2, 0.25) is 20.8 Å². The lowest BCUT2D eigenvalue weighted by Gasteiger charge is -2.07. The molecule has 0 amide bonds. The zero-order chi connectivity index (χ0) is 8.41. The topological polar surface area (TPSA) is 133 Å². The van der Waals surface area contributed by atoms with E-state index in [0.717, 1.165) is 0 Å². The van der Waals surface area contributed by atoms with Crippen molar-refractivity contribution in [1.29, 1.82) is 0 Å². The van der Waals surface area contributed by atoms with Gasteiger partial charge < -0.3 is 9.11 Å². The van der Waals surface area contributed by atoms with Crippen LogP contribution in [0, 0.1) is 24.8 Å². The maximum atomic E-state index is 9.37. The first kappa shape index (κ1) is 18.2. The molecule has 8 nitrogen and oxygen atoms in total. The van der Waals surface area contributed by atoms with Crippen LogP contribution in [-0.4, -0.2) is 25.9 Å². The van der Waals surface area contributed by atoms with Gasteiger partial charge >= 0.3 is 24.8 Å². The molecule has 0 atom stereocenters. The molecule has 0 aromatic rings. The van der Waals surface area contributed by atoms with E-state index in [0.29, 0.717) is 0 Å². The average molecular weight is 263 g/mol. The van der Waals surface area contributed by atoms with E-state index >= 15 is 0 Å². The molecule has 0 heterocycles. The van der Waals surface area contributed by atoms with Crippen LogP contribution in [0.5, 0.6) is 0 Å². The molecule has 0 aromatic heterocycles. The highest BCUT2D eigenvalue weighted by Crippen LogP contribution is 1.92. The van der Waals surface area contributed by atoms with Gasteiger partial charge in [-0.15, -0.1) is 8.67 Å². The zero-order valence-electron chi connectivity index (χ0n) is 4.84. The van der Waals surface area contributed by atoms with Crippen LogP contribution in [0.1, 0.15) is 0 Å². The van der Waals surface area contributed by atoms with Gasteiger partial charge in [-0.3, -0.25) is 0 Å². The molecule has 0 saturated heterocycles. The maximum Gasteiger partial charge on any atom is 1.00 e. The summed E-state index contributed by atoms with van der Waals surface area (Å²) < 4.78 is 61.5. The molecule has 12 heavy (non-hydrogen) atoms. The molecule has 4 radical (unpaired) electrons. The lowest BCUT2D eigenvalue weighted by Crippen LogP contribution is -2.10. The highest BCUT2D eigenvalue weighted by molar-refractivity contribution is 7.83. The smallest absolute Gasteiger partial charge is 0.724 e. The Bertz CT molecular complexity index is 251. The second-order valence-corrected chi connectivity index (χ2v) is 2.86. The summed E-state index contributed by atoms with van der Waals surface area (Å²) in [4.78, 5) is 0. The molecule has 0 spiro atoms. The van der Waals surface area contributed by atoms with Crippen LogP contribution in [0.25, 0.3) is 0 Å². The van der Waals surface area contributed by atoms with Gasteiger partial charge in [0.25, 0.3) is 0 Å². The molecular weight excluding hydrogens is 263 g/mol. The van der Waals surface area contributed by atoms with Crippen LogP contribution in [0.3, 0.4) is 0 Å². The Balaban J connectivity index is -0.000000405.